The molecular weight excluding hydrogens is 247 g/mol. The number of rotatable bonds is 4. The lowest BCUT2D eigenvalue weighted by Gasteiger charge is -2.36. The Morgan fingerprint density at radius 2 is 2.21 bits per heavy atom. The molecule has 2 unspecified atom stereocenters. The molecular formula is C14H21FN2O2. The summed E-state index contributed by atoms with van der Waals surface area (Å²) in [4.78, 5) is 2.21. The van der Waals surface area contributed by atoms with Gasteiger partial charge in [0.1, 0.15) is 5.82 Å². The standard InChI is InChI=1S/C14H21FN2O2/c1-10-6-17(8-14(9-18)19-10)7-11-2-3-13(15)4-12(11)5-16/h2-4,10,14,18H,5-9,16H2,1H3. The molecule has 1 aliphatic heterocycles. The minimum atomic E-state index is -0.257. The van der Waals surface area contributed by atoms with Crippen LogP contribution < -0.4 is 5.73 Å². The maximum Gasteiger partial charge on any atom is 0.123 e. The first-order valence-corrected chi connectivity index (χ1v) is 6.58. The Labute approximate surface area is 113 Å². The third-order valence-corrected chi connectivity index (χ3v) is 3.39. The number of hydrogen-bond donors (Lipinski definition) is 2. The first-order chi connectivity index (χ1) is 9.12. The largest absolute Gasteiger partial charge is 0.394 e. The second kappa shape index (κ2) is 6.43. The zero-order valence-electron chi connectivity index (χ0n) is 11.2. The second-order valence-electron chi connectivity index (χ2n) is 5.06. The molecule has 0 saturated carbocycles. The van der Waals surface area contributed by atoms with Crippen molar-refractivity contribution in [3.8, 4) is 0 Å². The SMILES string of the molecule is CC1CN(Cc2ccc(F)cc2CN)CC(CO)O1. The predicted octanol–water partition coefficient (Wildman–Crippen LogP) is 0.866. The van der Waals surface area contributed by atoms with Gasteiger partial charge in [-0.2, -0.15) is 0 Å². The number of ether oxygens (including phenoxy) is 1. The number of nitrogens with zero attached hydrogens (tertiary/aromatic N) is 1. The summed E-state index contributed by atoms with van der Waals surface area (Å²) >= 11 is 0. The average molecular weight is 268 g/mol. The van der Waals surface area contributed by atoms with E-state index in [4.69, 9.17) is 10.5 Å². The van der Waals surface area contributed by atoms with Crippen LogP contribution in [0.2, 0.25) is 0 Å². The predicted molar refractivity (Wildman–Crippen MR) is 71.0 cm³/mol. The second-order valence-corrected chi connectivity index (χ2v) is 5.06. The first-order valence-electron chi connectivity index (χ1n) is 6.58. The minimum absolute atomic E-state index is 0.0218. The Hall–Kier alpha value is -1.01. The molecule has 19 heavy (non-hydrogen) atoms. The molecule has 1 heterocycles. The van der Waals surface area contributed by atoms with Crippen LogP contribution in [0.25, 0.3) is 0 Å². The number of aliphatic hydroxyl groups is 1. The highest BCUT2D eigenvalue weighted by atomic mass is 19.1. The maximum absolute atomic E-state index is 13.2. The van der Waals surface area contributed by atoms with Crippen molar-refractivity contribution in [1.82, 2.24) is 4.90 Å². The van der Waals surface area contributed by atoms with Gasteiger partial charge in [0, 0.05) is 26.2 Å². The third kappa shape index (κ3) is 3.73. The van der Waals surface area contributed by atoms with E-state index in [9.17, 15) is 9.50 Å². The van der Waals surface area contributed by atoms with Gasteiger partial charge in [-0.25, -0.2) is 4.39 Å². The summed E-state index contributed by atoms with van der Waals surface area (Å²) < 4.78 is 18.8. The Balaban J connectivity index is 2.07. The zero-order valence-corrected chi connectivity index (χ0v) is 11.2. The van der Waals surface area contributed by atoms with E-state index in [-0.39, 0.29) is 24.6 Å². The van der Waals surface area contributed by atoms with Crippen LogP contribution in [0.5, 0.6) is 0 Å². The van der Waals surface area contributed by atoms with Gasteiger partial charge >= 0.3 is 0 Å². The third-order valence-electron chi connectivity index (χ3n) is 3.39. The molecule has 1 aromatic rings. The van der Waals surface area contributed by atoms with Gasteiger partial charge in [-0.15, -0.1) is 0 Å². The van der Waals surface area contributed by atoms with Crippen LogP contribution in [0.4, 0.5) is 4.39 Å². The number of benzene rings is 1. The Morgan fingerprint density at radius 1 is 1.42 bits per heavy atom. The number of nitrogens with two attached hydrogens (primary N) is 1. The van der Waals surface area contributed by atoms with Crippen molar-refractivity contribution in [1.29, 1.82) is 0 Å². The minimum Gasteiger partial charge on any atom is -0.394 e. The van der Waals surface area contributed by atoms with Crippen LogP contribution in [-0.4, -0.2) is 41.9 Å². The van der Waals surface area contributed by atoms with Crippen LogP contribution >= 0.6 is 0 Å². The fourth-order valence-corrected chi connectivity index (χ4v) is 2.55. The normalized spacial score (nSPS) is 24.6. The van der Waals surface area contributed by atoms with Gasteiger partial charge in [0.2, 0.25) is 0 Å². The van der Waals surface area contributed by atoms with E-state index >= 15 is 0 Å². The van der Waals surface area contributed by atoms with Crippen molar-refractivity contribution in [2.75, 3.05) is 19.7 Å². The van der Waals surface area contributed by atoms with E-state index < -0.39 is 0 Å². The van der Waals surface area contributed by atoms with Crippen LogP contribution in [0, 0.1) is 5.82 Å². The van der Waals surface area contributed by atoms with Crippen LogP contribution in [0.1, 0.15) is 18.1 Å². The lowest BCUT2D eigenvalue weighted by molar-refractivity contribution is -0.0973. The number of aliphatic hydroxyl groups excluding tert-OH is 1. The lowest BCUT2D eigenvalue weighted by atomic mass is 10.1. The van der Waals surface area contributed by atoms with Gasteiger partial charge in [0.05, 0.1) is 18.8 Å². The van der Waals surface area contributed by atoms with Crippen LogP contribution in [-0.2, 0) is 17.8 Å². The van der Waals surface area contributed by atoms with Crippen molar-refractivity contribution in [3.63, 3.8) is 0 Å². The number of morpholine rings is 1. The Morgan fingerprint density at radius 3 is 2.89 bits per heavy atom. The molecule has 0 amide bonds. The number of halogens is 1. The lowest BCUT2D eigenvalue weighted by Crippen LogP contribution is -2.47. The summed E-state index contributed by atoms with van der Waals surface area (Å²) in [6, 6.07) is 4.73. The van der Waals surface area contributed by atoms with Crippen molar-refractivity contribution in [3.05, 3.63) is 35.1 Å². The monoisotopic (exact) mass is 268 g/mol. The molecule has 1 aromatic carbocycles. The molecule has 0 aliphatic carbocycles. The van der Waals surface area contributed by atoms with Gasteiger partial charge < -0.3 is 15.6 Å². The van der Waals surface area contributed by atoms with E-state index in [0.29, 0.717) is 19.6 Å². The van der Waals surface area contributed by atoms with E-state index in [1.165, 1.54) is 12.1 Å². The van der Waals surface area contributed by atoms with Gasteiger partial charge in [0.15, 0.2) is 0 Å². The molecule has 2 rings (SSSR count). The van der Waals surface area contributed by atoms with Crippen molar-refractivity contribution in [2.45, 2.75) is 32.2 Å². The summed E-state index contributed by atoms with van der Waals surface area (Å²) in [6.45, 7) is 4.53. The quantitative estimate of drug-likeness (QED) is 0.850. The molecule has 0 bridgehead atoms. The van der Waals surface area contributed by atoms with Crippen LogP contribution in [0.3, 0.4) is 0 Å². The summed E-state index contributed by atoms with van der Waals surface area (Å²) in [5.74, 6) is -0.257. The van der Waals surface area contributed by atoms with E-state index in [1.807, 2.05) is 6.92 Å². The van der Waals surface area contributed by atoms with Crippen molar-refractivity contribution >= 4 is 0 Å². The summed E-state index contributed by atoms with van der Waals surface area (Å²) in [5.41, 5.74) is 7.53. The highest BCUT2D eigenvalue weighted by Gasteiger charge is 2.25. The molecule has 0 aromatic heterocycles. The molecule has 2 atom stereocenters. The molecule has 3 N–H and O–H groups in total. The highest BCUT2D eigenvalue weighted by molar-refractivity contribution is 5.27. The molecule has 1 aliphatic rings. The fourth-order valence-electron chi connectivity index (χ4n) is 2.55. The van der Waals surface area contributed by atoms with Gasteiger partial charge in [-0.05, 0) is 30.2 Å². The van der Waals surface area contributed by atoms with E-state index in [1.54, 1.807) is 6.07 Å². The van der Waals surface area contributed by atoms with Crippen molar-refractivity contribution in [2.24, 2.45) is 5.73 Å². The summed E-state index contributed by atoms with van der Waals surface area (Å²) in [7, 11) is 0. The molecule has 0 spiro atoms. The summed E-state index contributed by atoms with van der Waals surface area (Å²) in [5, 5.41) is 9.21. The first kappa shape index (κ1) is 14.4. The Bertz CT molecular complexity index is 428. The molecule has 4 nitrogen and oxygen atoms in total. The fraction of sp³-hybridized carbons (Fsp3) is 0.571. The van der Waals surface area contributed by atoms with Crippen LogP contribution in [0.15, 0.2) is 18.2 Å². The van der Waals surface area contributed by atoms with Gasteiger partial charge in [0.25, 0.3) is 0 Å². The highest BCUT2D eigenvalue weighted by Crippen LogP contribution is 2.17. The van der Waals surface area contributed by atoms with Gasteiger partial charge in [-0.1, -0.05) is 6.07 Å². The van der Waals surface area contributed by atoms with Crippen molar-refractivity contribution < 1.29 is 14.2 Å². The number of hydrogen-bond acceptors (Lipinski definition) is 4. The molecule has 1 saturated heterocycles. The average Bonchev–Trinajstić information content (AvgIpc) is 2.40. The topological polar surface area (TPSA) is 58.7 Å². The van der Waals surface area contributed by atoms with Gasteiger partial charge in [-0.3, -0.25) is 4.90 Å². The van der Waals surface area contributed by atoms with E-state index in [0.717, 1.165) is 17.7 Å². The van der Waals surface area contributed by atoms with E-state index in [2.05, 4.69) is 4.90 Å². The molecule has 1 fully saturated rings. The molecule has 0 radical (unpaired) electrons. The Kier molecular flexibility index (Phi) is 4.87. The zero-order chi connectivity index (χ0) is 13.8. The molecule has 106 valence electrons. The summed E-state index contributed by atoms with van der Waals surface area (Å²) in [6.07, 6.45) is -0.0572. The molecule has 5 heteroatoms. The maximum atomic E-state index is 13.2. The smallest absolute Gasteiger partial charge is 0.123 e.